The molecule has 45 heavy (non-hydrogen) atoms. The summed E-state index contributed by atoms with van der Waals surface area (Å²) in [5.74, 6) is 0.937. The van der Waals surface area contributed by atoms with Crippen molar-refractivity contribution >= 4 is 50.0 Å². The number of hydrogen-bond acceptors (Lipinski definition) is 4. The van der Waals surface area contributed by atoms with Crippen LogP contribution in [0.2, 0.25) is 0 Å². The number of para-hydroxylation sites is 2. The summed E-state index contributed by atoms with van der Waals surface area (Å²) >= 11 is 0. The number of nitrogens with zero attached hydrogens (tertiary/aromatic N) is 6. The van der Waals surface area contributed by atoms with Crippen molar-refractivity contribution in [2.45, 2.75) is 0 Å². The van der Waals surface area contributed by atoms with Crippen LogP contribution in [0.5, 0.6) is 0 Å². The zero-order valence-corrected chi connectivity index (χ0v) is 25.1. The highest BCUT2D eigenvalue weighted by Gasteiger charge is 2.24. The summed E-state index contributed by atoms with van der Waals surface area (Å²) < 4.78 is 4.48. The Morgan fingerprint density at radius 2 is 1.38 bits per heavy atom. The lowest BCUT2D eigenvalue weighted by Gasteiger charge is -2.20. The molecule has 0 unspecified atom stereocenters. The van der Waals surface area contributed by atoms with Gasteiger partial charge in [0, 0.05) is 48.0 Å². The molecule has 0 spiro atoms. The molecular formula is C39H30N6. The largest absolute Gasteiger partial charge is 0.355 e. The minimum absolute atomic E-state index is 0.803. The number of imidazole rings is 1. The standard InChI is InChI=1S/C39H30N6/c1-42-25-44(36-16-7-6-15-35(36)42)29-12-8-13-30(24-29)45-37-23-28(17-19-31(37)32-14-9-21-40-39(32)45)38-41-33-22-27(18-20-34(33)43(38)2)26-10-4-3-5-11-26/h3-24H,25H2,1-2H3. The van der Waals surface area contributed by atoms with Gasteiger partial charge in [-0.3, -0.25) is 4.57 Å². The molecule has 5 aromatic carbocycles. The van der Waals surface area contributed by atoms with E-state index >= 15 is 0 Å². The van der Waals surface area contributed by atoms with E-state index < -0.39 is 0 Å². The van der Waals surface area contributed by atoms with Crippen LogP contribution < -0.4 is 9.80 Å². The van der Waals surface area contributed by atoms with E-state index in [1.807, 2.05) is 18.3 Å². The van der Waals surface area contributed by atoms with Crippen molar-refractivity contribution in [2.24, 2.45) is 7.05 Å². The number of fused-ring (bicyclic) bond motifs is 5. The first-order valence-electron chi connectivity index (χ1n) is 15.2. The number of aromatic nitrogens is 4. The fourth-order valence-corrected chi connectivity index (χ4v) is 6.91. The van der Waals surface area contributed by atoms with Crippen LogP contribution in [0, 0.1) is 0 Å². The number of anilines is 3. The molecule has 8 aromatic rings. The Morgan fingerprint density at radius 3 is 2.27 bits per heavy atom. The minimum Gasteiger partial charge on any atom is -0.355 e. The minimum atomic E-state index is 0.803. The highest BCUT2D eigenvalue weighted by atomic mass is 15.4. The van der Waals surface area contributed by atoms with Gasteiger partial charge in [-0.25, -0.2) is 9.97 Å². The maximum atomic E-state index is 5.15. The third-order valence-electron chi connectivity index (χ3n) is 9.11. The first kappa shape index (κ1) is 25.6. The van der Waals surface area contributed by atoms with Crippen LogP contribution in [0.15, 0.2) is 134 Å². The van der Waals surface area contributed by atoms with E-state index in [0.29, 0.717) is 0 Å². The zero-order valence-electron chi connectivity index (χ0n) is 25.1. The van der Waals surface area contributed by atoms with E-state index in [4.69, 9.17) is 9.97 Å². The van der Waals surface area contributed by atoms with E-state index in [1.54, 1.807) is 0 Å². The first-order valence-corrected chi connectivity index (χ1v) is 15.2. The third-order valence-corrected chi connectivity index (χ3v) is 9.11. The van der Waals surface area contributed by atoms with Crippen molar-refractivity contribution in [1.82, 2.24) is 19.1 Å². The summed E-state index contributed by atoms with van der Waals surface area (Å²) in [7, 11) is 4.24. The highest BCUT2D eigenvalue weighted by molar-refractivity contribution is 6.09. The summed E-state index contributed by atoms with van der Waals surface area (Å²) in [6.45, 7) is 0.803. The summed E-state index contributed by atoms with van der Waals surface area (Å²) in [5, 5.41) is 2.30. The molecule has 0 aliphatic carbocycles. The van der Waals surface area contributed by atoms with Gasteiger partial charge >= 0.3 is 0 Å². The summed E-state index contributed by atoms with van der Waals surface area (Å²) in [6, 6.07) is 45.2. The van der Waals surface area contributed by atoms with Crippen LogP contribution in [0.3, 0.4) is 0 Å². The van der Waals surface area contributed by atoms with Crippen molar-refractivity contribution in [3.8, 4) is 28.2 Å². The zero-order chi connectivity index (χ0) is 30.1. The molecule has 6 heteroatoms. The van der Waals surface area contributed by atoms with Gasteiger partial charge in [-0.05, 0) is 71.8 Å². The molecule has 6 nitrogen and oxygen atoms in total. The normalized spacial score (nSPS) is 12.9. The number of rotatable bonds is 4. The molecule has 4 heterocycles. The van der Waals surface area contributed by atoms with Gasteiger partial charge in [0.1, 0.15) is 11.5 Å². The van der Waals surface area contributed by atoms with Crippen LogP contribution in [0.1, 0.15) is 0 Å². The lowest BCUT2D eigenvalue weighted by molar-refractivity contribution is 0.948. The maximum Gasteiger partial charge on any atom is 0.145 e. The second-order valence-corrected chi connectivity index (χ2v) is 11.8. The van der Waals surface area contributed by atoms with Gasteiger partial charge in [-0.2, -0.15) is 0 Å². The molecule has 0 radical (unpaired) electrons. The lowest BCUT2D eigenvalue weighted by Crippen LogP contribution is -2.24. The maximum absolute atomic E-state index is 5.15. The monoisotopic (exact) mass is 582 g/mol. The van der Waals surface area contributed by atoms with Crippen LogP contribution in [-0.4, -0.2) is 32.8 Å². The molecule has 0 atom stereocenters. The Morgan fingerprint density at radius 1 is 0.578 bits per heavy atom. The van der Waals surface area contributed by atoms with Gasteiger partial charge in [-0.1, -0.05) is 66.7 Å². The summed E-state index contributed by atoms with van der Waals surface area (Å²) in [5.41, 5.74) is 12.3. The molecule has 0 bridgehead atoms. The number of pyridine rings is 1. The summed E-state index contributed by atoms with van der Waals surface area (Å²) in [6.07, 6.45) is 1.88. The van der Waals surface area contributed by atoms with Crippen molar-refractivity contribution in [1.29, 1.82) is 0 Å². The Hall–Kier alpha value is -5.88. The number of aryl methyl sites for hydroxylation is 1. The van der Waals surface area contributed by atoms with Crippen molar-refractivity contribution in [3.05, 3.63) is 134 Å². The number of benzene rings is 5. The average Bonchev–Trinajstić information content (AvgIpc) is 3.73. The molecule has 216 valence electrons. The molecule has 0 saturated carbocycles. The molecule has 1 aliphatic rings. The van der Waals surface area contributed by atoms with Gasteiger partial charge in [0.2, 0.25) is 0 Å². The smallest absolute Gasteiger partial charge is 0.145 e. The Balaban J connectivity index is 1.20. The first-order chi connectivity index (χ1) is 22.1. The van der Waals surface area contributed by atoms with Crippen LogP contribution in [-0.2, 0) is 7.05 Å². The fourth-order valence-electron chi connectivity index (χ4n) is 6.91. The topological polar surface area (TPSA) is 42.1 Å². The predicted molar refractivity (Wildman–Crippen MR) is 186 cm³/mol. The highest BCUT2D eigenvalue weighted by Crippen LogP contribution is 2.41. The Kier molecular flexibility index (Phi) is 5.59. The van der Waals surface area contributed by atoms with Crippen molar-refractivity contribution in [3.63, 3.8) is 0 Å². The van der Waals surface area contributed by atoms with Gasteiger partial charge in [0.05, 0.1) is 34.6 Å². The molecule has 0 saturated heterocycles. The van der Waals surface area contributed by atoms with Gasteiger partial charge in [0.25, 0.3) is 0 Å². The molecule has 0 fully saturated rings. The molecule has 9 rings (SSSR count). The SMILES string of the molecule is CN1CN(c2cccc(-n3c4cc(-c5nc6cc(-c7ccccc7)ccc6n5C)ccc4c4cccnc43)c2)c2ccccc21. The molecule has 3 aromatic heterocycles. The molecule has 1 aliphatic heterocycles. The van der Waals surface area contributed by atoms with Crippen LogP contribution in [0.4, 0.5) is 17.1 Å². The molecular weight excluding hydrogens is 552 g/mol. The van der Waals surface area contributed by atoms with E-state index in [2.05, 4.69) is 148 Å². The Bertz CT molecular complexity index is 2400. The van der Waals surface area contributed by atoms with Crippen molar-refractivity contribution < 1.29 is 0 Å². The second kappa shape index (κ2) is 9.82. The molecule has 0 N–H and O–H groups in total. The summed E-state index contributed by atoms with van der Waals surface area (Å²) in [4.78, 5) is 14.7. The van der Waals surface area contributed by atoms with Gasteiger partial charge in [-0.15, -0.1) is 0 Å². The fraction of sp³-hybridized carbons (Fsp3) is 0.0769. The lowest BCUT2D eigenvalue weighted by atomic mass is 10.1. The van der Waals surface area contributed by atoms with E-state index in [1.165, 1.54) is 27.9 Å². The Labute approximate surface area is 261 Å². The predicted octanol–water partition coefficient (Wildman–Crippen LogP) is 8.94. The average molecular weight is 583 g/mol. The van der Waals surface area contributed by atoms with Crippen molar-refractivity contribution in [2.75, 3.05) is 23.5 Å². The van der Waals surface area contributed by atoms with E-state index in [-0.39, 0.29) is 0 Å². The second-order valence-electron chi connectivity index (χ2n) is 11.8. The van der Waals surface area contributed by atoms with Crippen LogP contribution >= 0.6 is 0 Å². The van der Waals surface area contributed by atoms with Crippen LogP contribution in [0.25, 0.3) is 61.2 Å². The van der Waals surface area contributed by atoms with E-state index in [0.717, 1.165) is 57.0 Å². The van der Waals surface area contributed by atoms with E-state index in [9.17, 15) is 0 Å². The van der Waals surface area contributed by atoms with Gasteiger partial charge in [0.15, 0.2) is 0 Å². The van der Waals surface area contributed by atoms with Gasteiger partial charge < -0.3 is 14.4 Å². The quantitative estimate of drug-likeness (QED) is 0.208. The third kappa shape index (κ3) is 3.96. The number of hydrogen-bond donors (Lipinski definition) is 0. The molecule has 0 amide bonds.